The Bertz CT molecular complexity index is 391. The fraction of sp³-hybridized carbons (Fsp3) is 0.500. The van der Waals surface area contributed by atoms with Crippen molar-refractivity contribution in [1.82, 2.24) is 0 Å². The number of alkyl halides is 2. The summed E-state index contributed by atoms with van der Waals surface area (Å²) in [6, 6.07) is 0.543. The molecule has 1 aromatic heterocycles. The predicted octanol–water partition coefficient (Wildman–Crippen LogP) is 0.970. The van der Waals surface area contributed by atoms with Gasteiger partial charge in [-0.3, -0.25) is 0 Å². The van der Waals surface area contributed by atoms with E-state index in [2.05, 4.69) is 4.74 Å². The maximum atomic E-state index is 13.5. The Hall–Kier alpha value is -1.47. The minimum Gasteiger partial charge on any atom is -0.462 e. The summed E-state index contributed by atoms with van der Waals surface area (Å²) in [6.07, 6.45) is 0. The van der Waals surface area contributed by atoms with Gasteiger partial charge >= 0.3 is 11.9 Å². The molecular formula is C10H13F2NO4. The lowest BCUT2D eigenvalue weighted by Gasteiger charge is -2.19. The number of ether oxygens (including phenoxy) is 1. The second kappa shape index (κ2) is 5.24. The minimum atomic E-state index is -3.87. The molecule has 0 aromatic carbocycles. The van der Waals surface area contributed by atoms with Gasteiger partial charge in [0.25, 0.3) is 0 Å². The van der Waals surface area contributed by atoms with Crippen LogP contribution >= 0.6 is 0 Å². The second-order valence-electron chi connectivity index (χ2n) is 3.28. The Kier molecular flexibility index (Phi) is 4.19. The highest BCUT2D eigenvalue weighted by atomic mass is 19.3. The molecule has 96 valence electrons. The van der Waals surface area contributed by atoms with Gasteiger partial charge in [-0.05, 0) is 19.1 Å². The molecule has 1 heterocycles. The molecule has 0 saturated carbocycles. The molecular weight excluding hydrogens is 236 g/mol. The lowest BCUT2D eigenvalue weighted by molar-refractivity contribution is -0.175. The molecule has 0 aliphatic carbocycles. The van der Waals surface area contributed by atoms with Crippen molar-refractivity contribution in [2.45, 2.75) is 25.5 Å². The molecule has 17 heavy (non-hydrogen) atoms. The van der Waals surface area contributed by atoms with Crippen molar-refractivity contribution in [3.8, 4) is 0 Å². The summed E-state index contributed by atoms with van der Waals surface area (Å²) in [5, 5.41) is 8.72. The molecule has 1 atom stereocenters. The van der Waals surface area contributed by atoms with E-state index in [-0.39, 0.29) is 18.1 Å². The van der Waals surface area contributed by atoms with Crippen LogP contribution < -0.4 is 5.73 Å². The number of rotatable bonds is 5. The van der Waals surface area contributed by atoms with Crippen LogP contribution in [0.15, 0.2) is 16.5 Å². The standard InChI is InChI=1S/C10H13F2NO4/c1-2-16-9(15)10(11,12)8(13)7-4-3-6(5-14)17-7/h3-4,8,14H,2,5,13H2,1H3/t8-/m1/s1. The zero-order valence-corrected chi connectivity index (χ0v) is 9.15. The molecule has 7 heteroatoms. The van der Waals surface area contributed by atoms with Gasteiger partial charge in [-0.2, -0.15) is 8.78 Å². The minimum absolute atomic E-state index is 0.0927. The second-order valence-corrected chi connectivity index (χ2v) is 3.28. The molecule has 3 N–H and O–H groups in total. The number of hydrogen-bond acceptors (Lipinski definition) is 5. The third-order valence-corrected chi connectivity index (χ3v) is 2.08. The Morgan fingerprint density at radius 1 is 1.65 bits per heavy atom. The lowest BCUT2D eigenvalue weighted by Crippen LogP contribution is -2.41. The smallest absolute Gasteiger partial charge is 0.379 e. The zero-order chi connectivity index (χ0) is 13.1. The van der Waals surface area contributed by atoms with E-state index in [4.69, 9.17) is 15.3 Å². The van der Waals surface area contributed by atoms with Crippen LogP contribution in [-0.2, 0) is 16.1 Å². The van der Waals surface area contributed by atoms with Crippen molar-refractivity contribution >= 4 is 5.97 Å². The average Bonchev–Trinajstić information content (AvgIpc) is 2.76. The van der Waals surface area contributed by atoms with Crippen molar-refractivity contribution < 1.29 is 27.8 Å². The molecule has 0 fully saturated rings. The van der Waals surface area contributed by atoms with Crippen LogP contribution in [0.1, 0.15) is 24.5 Å². The van der Waals surface area contributed by atoms with Crippen LogP contribution in [0.5, 0.6) is 0 Å². The zero-order valence-electron chi connectivity index (χ0n) is 9.15. The molecule has 1 rings (SSSR count). The van der Waals surface area contributed by atoms with Crippen molar-refractivity contribution in [2.24, 2.45) is 5.73 Å². The van der Waals surface area contributed by atoms with E-state index in [0.29, 0.717) is 0 Å². The number of furan rings is 1. The Labute approximate surface area is 96.2 Å². The van der Waals surface area contributed by atoms with Gasteiger partial charge in [-0.1, -0.05) is 0 Å². The topological polar surface area (TPSA) is 85.7 Å². The quantitative estimate of drug-likeness (QED) is 0.759. The number of halogens is 2. The van der Waals surface area contributed by atoms with Crippen LogP contribution in [0.4, 0.5) is 8.78 Å². The summed E-state index contributed by atoms with van der Waals surface area (Å²) in [5.74, 6) is -5.77. The van der Waals surface area contributed by atoms with E-state index < -0.39 is 24.5 Å². The first kappa shape index (κ1) is 13.6. The molecule has 0 saturated heterocycles. The number of carbonyl (C=O) groups is 1. The maximum absolute atomic E-state index is 13.5. The van der Waals surface area contributed by atoms with E-state index in [1.807, 2.05) is 0 Å². The largest absolute Gasteiger partial charge is 0.462 e. The van der Waals surface area contributed by atoms with Crippen LogP contribution in [0.3, 0.4) is 0 Å². The van der Waals surface area contributed by atoms with Gasteiger partial charge in [-0.15, -0.1) is 0 Å². The third kappa shape index (κ3) is 2.80. The fourth-order valence-corrected chi connectivity index (χ4v) is 1.18. The van der Waals surface area contributed by atoms with Gasteiger partial charge in [0, 0.05) is 0 Å². The highest BCUT2D eigenvalue weighted by molar-refractivity contribution is 5.78. The van der Waals surface area contributed by atoms with Crippen LogP contribution in [-0.4, -0.2) is 23.6 Å². The number of carbonyl (C=O) groups excluding carboxylic acids is 1. The summed E-state index contributed by atoms with van der Waals surface area (Å²) in [6.45, 7) is 0.815. The van der Waals surface area contributed by atoms with E-state index in [1.165, 1.54) is 19.1 Å². The summed E-state index contributed by atoms with van der Waals surface area (Å²) in [7, 11) is 0. The van der Waals surface area contributed by atoms with E-state index in [1.54, 1.807) is 0 Å². The molecule has 0 amide bonds. The summed E-state index contributed by atoms with van der Waals surface area (Å²) in [4.78, 5) is 11.0. The van der Waals surface area contributed by atoms with Gasteiger partial charge in [0.05, 0.1) is 6.61 Å². The first-order valence-electron chi connectivity index (χ1n) is 4.93. The Balaban J connectivity index is 2.87. The van der Waals surface area contributed by atoms with E-state index in [0.717, 1.165) is 0 Å². The van der Waals surface area contributed by atoms with Crippen molar-refractivity contribution in [3.05, 3.63) is 23.7 Å². The summed E-state index contributed by atoms with van der Waals surface area (Å²) >= 11 is 0. The maximum Gasteiger partial charge on any atom is 0.379 e. The average molecular weight is 249 g/mol. The summed E-state index contributed by atoms with van der Waals surface area (Å²) in [5.41, 5.74) is 5.25. The number of aliphatic hydroxyl groups is 1. The van der Waals surface area contributed by atoms with E-state index in [9.17, 15) is 13.6 Å². The molecule has 0 aliphatic heterocycles. The molecule has 0 bridgehead atoms. The van der Waals surface area contributed by atoms with Gasteiger partial charge in [0.2, 0.25) is 0 Å². The normalized spacial score (nSPS) is 13.5. The first-order valence-corrected chi connectivity index (χ1v) is 4.93. The van der Waals surface area contributed by atoms with Crippen LogP contribution in [0.25, 0.3) is 0 Å². The first-order chi connectivity index (χ1) is 7.93. The van der Waals surface area contributed by atoms with Gasteiger partial charge in [-0.25, -0.2) is 4.79 Å². The Morgan fingerprint density at radius 3 is 2.76 bits per heavy atom. The lowest BCUT2D eigenvalue weighted by atomic mass is 10.1. The van der Waals surface area contributed by atoms with Gasteiger partial charge in [0.15, 0.2) is 0 Å². The molecule has 0 unspecified atom stereocenters. The SMILES string of the molecule is CCOC(=O)C(F)(F)[C@H](N)c1ccc(CO)o1. The summed E-state index contributed by atoms with van der Waals surface area (Å²) < 4.78 is 36.0. The van der Waals surface area contributed by atoms with Crippen LogP contribution in [0, 0.1) is 0 Å². The highest BCUT2D eigenvalue weighted by Gasteiger charge is 2.49. The molecule has 0 radical (unpaired) electrons. The molecule has 1 aromatic rings. The Morgan fingerprint density at radius 2 is 2.29 bits per heavy atom. The molecule has 5 nitrogen and oxygen atoms in total. The van der Waals surface area contributed by atoms with Crippen molar-refractivity contribution in [3.63, 3.8) is 0 Å². The van der Waals surface area contributed by atoms with Gasteiger partial charge < -0.3 is 20.0 Å². The number of aliphatic hydroxyl groups excluding tert-OH is 1. The molecule has 0 aliphatic rings. The third-order valence-electron chi connectivity index (χ3n) is 2.08. The predicted molar refractivity (Wildman–Crippen MR) is 53.1 cm³/mol. The number of esters is 1. The van der Waals surface area contributed by atoms with Crippen LogP contribution in [0.2, 0.25) is 0 Å². The highest BCUT2D eigenvalue weighted by Crippen LogP contribution is 2.31. The van der Waals surface area contributed by atoms with Gasteiger partial charge in [0.1, 0.15) is 24.2 Å². The van der Waals surface area contributed by atoms with Crippen molar-refractivity contribution in [1.29, 1.82) is 0 Å². The van der Waals surface area contributed by atoms with Crippen molar-refractivity contribution in [2.75, 3.05) is 6.61 Å². The molecule has 0 spiro atoms. The number of hydrogen-bond donors (Lipinski definition) is 2. The monoisotopic (exact) mass is 249 g/mol. The fourth-order valence-electron chi connectivity index (χ4n) is 1.18. The number of nitrogens with two attached hydrogens (primary N) is 1. The van der Waals surface area contributed by atoms with E-state index >= 15 is 0 Å².